The summed E-state index contributed by atoms with van der Waals surface area (Å²) in [6.45, 7) is 1.93. The number of hydrogen-bond donors (Lipinski definition) is 3. The molecule has 0 atom stereocenters. The van der Waals surface area contributed by atoms with Crippen molar-refractivity contribution < 1.29 is 9.90 Å². The first-order valence-electron chi connectivity index (χ1n) is 3.93. The maximum atomic E-state index is 10.8. The van der Waals surface area contributed by atoms with E-state index < -0.39 is 0 Å². The summed E-state index contributed by atoms with van der Waals surface area (Å²) in [6.07, 6.45) is 0. The van der Waals surface area contributed by atoms with Crippen LogP contribution in [0.4, 0.5) is 0 Å². The van der Waals surface area contributed by atoms with Gasteiger partial charge in [0.25, 0.3) is 5.91 Å². The number of hydrogen-bond acceptors (Lipinski definition) is 3. The fourth-order valence-electron chi connectivity index (χ4n) is 0.673. The van der Waals surface area contributed by atoms with E-state index in [0.29, 0.717) is 5.56 Å². The number of nitrogens with one attached hydrogen (secondary N) is 1. The zero-order chi connectivity index (χ0) is 10.1. The molecule has 0 bridgehead atoms. The molecule has 0 saturated carbocycles. The van der Waals surface area contributed by atoms with E-state index in [9.17, 15) is 4.79 Å². The van der Waals surface area contributed by atoms with E-state index >= 15 is 0 Å². The summed E-state index contributed by atoms with van der Waals surface area (Å²) in [6, 6.07) is 8.80. The molecule has 1 aromatic rings. The highest BCUT2D eigenvalue weighted by molar-refractivity contribution is 5.93. The van der Waals surface area contributed by atoms with Crippen molar-refractivity contribution in [2.75, 3.05) is 6.61 Å². The second kappa shape index (κ2) is 7.27. The zero-order valence-corrected chi connectivity index (χ0v) is 7.53. The second-order valence-electron chi connectivity index (χ2n) is 2.16. The zero-order valence-electron chi connectivity index (χ0n) is 7.53. The number of aliphatic hydroxyl groups is 1. The Bertz CT molecular complexity index is 237. The molecule has 0 fully saturated rings. The normalized spacial score (nSPS) is 8.23. The summed E-state index contributed by atoms with van der Waals surface area (Å²) in [5.41, 5.74) is 2.62. The van der Waals surface area contributed by atoms with Crippen LogP contribution in [0.1, 0.15) is 17.3 Å². The molecule has 4 N–H and O–H groups in total. The Hall–Kier alpha value is -1.39. The minimum absolute atomic E-state index is 0.250. The van der Waals surface area contributed by atoms with Crippen LogP contribution in [-0.2, 0) is 0 Å². The Balaban J connectivity index is 0.000000424. The molecule has 0 aliphatic heterocycles. The molecule has 1 amide bonds. The van der Waals surface area contributed by atoms with Crippen LogP contribution in [0.3, 0.4) is 0 Å². The summed E-state index contributed by atoms with van der Waals surface area (Å²) in [5.74, 6) is 4.64. The Morgan fingerprint density at radius 2 is 1.92 bits per heavy atom. The number of nitrogen functional groups attached to an aromatic ring is 1. The molecule has 0 aliphatic rings. The average molecular weight is 182 g/mol. The van der Waals surface area contributed by atoms with Crippen molar-refractivity contribution >= 4 is 5.91 Å². The van der Waals surface area contributed by atoms with Gasteiger partial charge < -0.3 is 5.11 Å². The van der Waals surface area contributed by atoms with Gasteiger partial charge in [-0.05, 0) is 19.1 Å². The maximum Gasteiger partial charge on any atom is 0.265 e. The van der Waals surface area contributed by atoms with Crippen LogP contribution in [0.5, 0.6) is 0 Å². The number of amides is 1. The van der Waals surface area contributed by atoms with Gasteiger partial charge in [-0.15, -0.1) is 0 Å². The van der Waals surface area contributed by atoms with Gasteiger partial charge in [0.15, 0.2) is 0 Å². The molecular weight excluding hydrogens is 168 g/mol. The average Bonchev–Trinajstić information content (AvgIpc) is 2.19. The summed E-state index contributed by atoms with van der Waals surface area (Å²) < 4.78 is 0. The van der Waals surface area contributed by atoms with Gasteiger partial charge in [-0.25, -0.2) is 5.84 Å². The largest absolute Gasteiger partial charge is 0.397 e. The minimum atomic E-state index is -0.263. The number of hydrazine groups is 1. The van der Waals surface area contributed by atoms with Crippen LogP contribution in [0.2, 0.25) is 0 Å². The highest BCUT2D eigenvalue weighted by atomic mass is 16.2. The maximum absolute atomic E-state index is 10.8. The number of benzene rings is 1. The Kier molecular flexibility index (Phi) is 6.49. The van der Waals surface area contributed by atoms with E-state index in [1.807, 2.05) is 11.5 Å². The molecule has 0 saturated heterocycles. The van der Waals surface area contributed by atoms with Crippen LogP contribution < -0.4 is 11.3 Å². The Morgan fingerprint density at radius 3 is 2.31 bits per heavy atom. The Morgan fingerprint density at radius 1 is 1.46 bits per heavy atom. The molecule has 0 unspecified atom stereocenters. The third-order valence-electron chi connectivity index (χ3n) is 1.17. The molecular formula is C9H14N2O2. The predicted molar refractivity (Wildman–Crippen MR) is 50.9 cm³/mol. The van der Waals surface area contributed by atoms with E-state index in [2.05, 4.69) is 0 Å². The van der Waals surface area contributed by atoms with Gasteiger partial charge in [0.05, 0.1) is 0 Å². The van der Waals surface area contributed by atoms with Gasteiger partial charge >= 0.3 is 0 Å². The van der Waals surface area contributed by atoms with Crippen molar-refractivity contribution in [1.29, 1.82) is 0 Å². The van der Waals surface area contributed by atoms with Gasteiger partial charge in [-0.1, -0.05) is 18.2 Å². The molecule has 0 spiro atoms. The number of nitrogens with two attached hydrogens (primary N) is 1. The summed E-state index contributed by atoms with van der Waals surface area (Å²) >= 11 is 0. The smallest absolute Gasteiger partial charge is 0.265 e. The highest BCUT2D eigenvalue weighted by Gasteiger charge is 1.98. The van der Waals surface area contributed by atoms with Gasteiger partial charge in [0.1, 0.15) is 0 Å². The van der Waals surface area contributed by atoms with E-state index in [4.69, 9.17) is 10.9 Å². The van der Waals surface area contributed by atoms with Crippen LogP contribution in [0.15, 0.2) is 30.3 Å². The molecule has 13 heavy (non-hydrogen) atoms. The number of rotatable bonds is 1. The molecule has 0 aromatic heterocycles. The van der Waals surface area contributed by atoms with Crippen LogP contribution in [-0.4, -0.2) is 17.6 Å². The summed E-state index contributed by atoms with van der Waals surface area (Å²) in [5, 5.41) is 7.57. The lowest BCUT2D eigenvalue weighted by Crippen LogP contribution is -2.29. The molecule has 0 radical (unpaired) electrons. The Labute approximate surface area is 77.3 Å². The van der Waals surface area contributed by atoms with Crippen molar-refractivity contribution in [3.63, 3.8) is 0 Å². The van der Waals surface area contributed by atoms with Crippen molar-refractivity contribution in [1.82, 2.24) is 5.43 Å². The quantitative estimate of drug-likeness (QED) is 0.332. The van der Waals surface area contributed by atoms with E-state index in [1.165, 1.54) is 0 Å². The van der Waals surface area contributed by atoms with Crippen LogP contribution in [0.25, 0.3) is 0 Å². The van der Waals surface area contributed by atoms with Crippen molar-refractivity contribution in [3.05, 3.63) is 35.9 Å². The fourth-order valence-corrected chi connectivity index (χ4v) is 0.673. The first-order valence-corrected chi connectivity index (χ1v) is 3.93. The first-order chi connectivity index (χ1) is 6.26. The van der Waals surface area contributed by atoms with Gasteiger partial charge in [-0.3, -0.25) is 10.2 Å². The van der Waals surface area contributed by atoms with Crippen molar-refractivity contribution in [2.24, 2.45) is 5.84 Å². The summed E-state index contributed by atoms with van der Waals surface area (Å²) in [4.78, 5) is 10.8. The lowest BCUT2D eigenvalue weighted by Gasteiger charge is -1.95. The van der Waals surface area contributed by atoms with Gasteiger partial charge in [0, 0.05) is 12.2 Å². The fraction of sp³-hybridized carbons (Fsp3) is 0.222. The lowest BCUT2D eigenvalue weighted by molar-refractivity contribution is 0.0953. The molecule has 1 aromatic carbocycles. The number of aliphatic hydroxyl groups excluding tert-OH is 1. The number of carbonyl (C=O) groups excluding carboxylic acids is 1. The molecule has 1 rings (SSSR count). The predicted octanol–water partition coefficient (Wildman–Crippen LogP) is 0.289. The minimum Gasteiger partial charge on any atom is -0.397 e. The number of carbonyl (C=O) groups is 1. The van der Waals surface area contributed by atoms with E-state index in [1.54, 1.807) is 31.2 Å². The highest BCUT2D eigenvalue weighted by Crippen LogP contribution is 1.95. The first kappa shape index (κ1) is 11.6. The lowest BCUT2D eigenvalue weighted by atomic mass is 10.2. The van der Waals surface area contributed by atoms with E-state index in [0.717, 1.165) is 0 Å². The molecule has 4 nitrogen and oxygen atoms in total. The topological polar surface area (TPSA) is 75.3 Å². The van der Waals surface area contributed by atoms with Crippen molar-refractivity contribution in [2.45, 2.75) is 6.92 Å². The summed E-state index contributed by atoms with van der Waals surface area (Å²) in [7, 11) is 0. The van der Waals surface area contributed by atoms with Crippen LogP contribution >= 0.6 is 0 Å². The molecule has 0 aliphatic carbocycles. The molecule has 0 heterocycles. The molecule has 4 heteroatoms. The third-order valence-corrected chi connectivity index (χ3v) is 1.17. The van der Waals surface area contributed by atoms with Crippen LogP contribution in [0, 0.1) is 0 Å². The van der Waals surface area contributed by atoms with Gasteiger partial charge in [0.2, 0.25) is 0 Å². The monoisotopic (exact) mass is 182 g/mol. The second-order valence-corrected chi connectivity index (χ2v) is 2.16. The standard InChI is InChI=1S/C7H8N2O.C2H6O/c8-9-7(10)6-4-2-1-3-5-6;1-2-3/h1-5H,8H2,(H,9,10);3H,2H2,1H3. The third kappa shape index (κ3) is 4.95. The SMILES string of the molecule is CCO.NNC(=O)c1ccccc1. The van der Waals surface area contributed by atoms with Gasteiger partial charge in [-0.2, -0.15) is 0 Å². The molecule has 72 valence electrons. The van der Waals surface area contributed by atoms with Crippen molar-refractivity contribution in [3.8, 4) is 0 Å². The van der Waals surface area contributed by atoms with E-state index in [-0.39, 0.29) is 12.5 Å².